The number of methoxy groups -OCH3 is 2. The lowest BCUT2D eigenvalue weighted by Gasteiger charge is -2.24. The first kappa shape index (κ1) is 18.4. The van der Waals surface area contributed by atoms with Crippen LogP contribution in [-0.2, 0) is 6.42 Å². The predicted octanol–water partition coefficient (Wildman–Crippen LogP) is 5.93. The van der Waals surface area contributed by atoms with Crippen LogP contribution < -0.4 is 9.47 Å². The van der Waals surface area contributed by atoms with Gasteiger partial charge < -0.3 is 9.47 Å². The zero-order valence-electron chi connectivity index (χ0n) is 15.8. The van der Waals surface area contributed by atoms with E-state index in [2.05, 4.69) is 58.0 Å². The van der Waals surface area contributed by atoms with Crippen LogP contribution in [0.15, 0.2) is 36.4 Å². The van der Waals surface area contributed by atoms with E-state index in [0.29, 0.717) is 11.8 Å². The molecule has 0 heterocycles. The van der Waals surface area contributed by atoms with E-state index in [1.54, 1.807) is 14.2 Å². The van der Waals surface area contributed by atoms with Crippen LogP contribution in [0.3, 0.4) is 0 Å². The fourth-order valence-electron chi connectivity index (χ4n) is 3.21. The maximum Gasteiger partial charge on any atom is 0.129 e. The van der Waals surface area contributed by atoms with E-state index in [1.165, 1.54) is 16.7 Å². The Bertz CT molecular complexity index is 659. The molecule has 0 aliphatic rings. The highest BCUT2D eigenvalue weighted by atomic mass is 16.5. The molecule has 0 saturated carbocycles. The average Bonchev–Trinajstić information content (AvgIpc) is 2.60. The molecular weight excluding hydrogens is 296 g/mol. The van der Waals surface area contributed by atoms with E-state index in [-0.39, 0.29) is 0 Å². The molecule has 0 spiro atoms. The monoisotopic (exact) mass is 326 g/mol. The molecule has 0 aliphatic heterocycles. The summed E-state index contributed by atoms with van der Waals surface area (Å²) in [6.07, 6.45) is 1.90. The number of hydrogen-bond donors (Lipinski definition) is 0. The number of hydrogen-bond acceptors (Lipinski definition) is 2. The third-order valence-electron chi connectivity index (χ3n) is 4.78. The van der Waals surface area contributed by atoms with Crippen molar-refractivity contribution < 1.29 is 9.47 Å². The van der Waals surface area contributed by atoms with E-state index in [9.17, 15) is 0 Å². The number of benzene rings is 2. The summed E-state index contributed by atoms with van der Waals surface area (Å²) in [4.78, 5) is 0. The van der Waals surface area contributed by atoms with Crippen LogP contribution in [-0.4, -0.2) is 14.2 Å². The normalized spacial score (nSPS) is 12.3. The molecule has 0 fully saturated rings. The highest BCUT2D eigenvalue weighted by Gasteiger charge is 2.23. The highest BCUT2D eigenvalue weighted by Crippen LogP contribution is 2.43. The maximum atomic E-state index is 5.87. The van der Waals surface area contributed by atoms with Gasteiger partial charge in [0.05, 0.1) is 14.2 Å². The lowest BCUT2D eigenvalue weighted by Crippen LogP contribution is -2.08. The molecule has 2 nitrogen and oxygen atoms in total. The Morgan fingerprint density at radius 1 is 0.875 bits per heavy atom. The fraction of sp³-hybridized carbons (Fsp3) is 0.455. The minimum absolute atomic E-state index is 0.406. The van der Waals surface area contributed by atoms with Gasteiger partial charge in [-0.25, -0.2) is 0 Å². The summed E-state index contributed by atoms with van der Waals surface area (Å²) in [6.45, 7) is 8.93. The molecule has 2 aromatic carbocycles. The van der Waals surface area contributed by atoms with E-state index in [4.69, 9.17) is 9.47 Å². The van der Waals surface area contributed by atoms with Crippen LogP contribution >= 0.6 is 0 Å². The summed E-state index contributed by atoms with van der Waals surface area (Å²) in [5, 5.41) is 0. The second-order valence-corrected chi connectivity index (χ2v) is 6.73. The molecule has 0 N–H and O–H groups in total. The summed E-state index contributed by atoms with van der Waals surface area (Å²) in [7, 11) is 3.53. The molecule has 2 rings (SSSR count). The van der Waals surface area contributed by atoms with E-state index < -0.39 is 0 Å². The van der Waals surface area contributed by atoms with Gasteiger partial charge in [-0.2, -0.15) is 0 Å². The molecule has 24 heavy (non-hydrogen) atoms. The van der Waals surface area contributed by atoms with Gasteiger partial charge in [-0.15, -0.1) is 0 Å². The van der Waals surface area contributed by atoms with Gasteiger partial charge in [0, 0.05) is 12.0 Å². The SMILES string of the molecule is CCC(C)c1cc(C(C)C)c(OC)c(Cc2ccccc2)c1OC. The van der Waals surface area contributed by atoms with Gasteiger partial charge in [-0.3, -0.25) is 0 Å². The Balaban J connectivity index is 2.69. The van der Waals surface area contributed by atoms with Gasteiger partial charge >= 0.3 is 0 Å². The highest BCUT2D eigenvalue weighted by molar-refractivity contribution is 5.58. The van der Waals surface area contributed by atoms with Gasteiger partial charge in [0.25, 0.3) is 0 Å². The van der Waals surface area contributed by atoms with Gasteiger partial charge in [0.1, 0.15) is 11.5 Å². The molecule has 2 aromatic rings. The van der Waals surface area contributed by atoms with Crippen LogP contribution in [0.25, 0.3) is 0 Å². The van der Waals surface area contributed by atoms with Crippen molar-refractivity contribution in [2.24, 2.45) is 0 Å². The zero-order chi connectivity index (χ0) is 17.7. The van der Waals surface area contributed by atoms with Crippen molar-refractivity contribution in [2.75, 3.05) is 14.2 Å². The Kier molecular flexibility index (Phi) is 6.30. The molecule has 0 amide bonds. The largest absolute Gasteiger partial charge is 0.496 e. The average molecular weight is 326 g/mol. The summed E-state index contributed by atoms with van der Waals surface area (Å²) >= 11 is 0. The van der Waals surface area contributed by atoms with Crippen molar-refractivity contribution in [1.82, 2.24) is 0 Å². The van der Waals surface area contributed by atoms with Gasteiger partial charge in [0.15, 0.2) is 0 Å². The Hall–Kier alpha value is -1.96. The minimum Gasteiger partial charge on any atom is -0.496 e. The van der Waals surface area contributed by atoms with Crippen LogP contribution in [0.1, 0.15) is 68.2 Å². The van der Waals surface area contributed by atoms with Crippen molar-refractivity contribution >= 4 is 0 Å². The number of ether oxygens (including phenoxy) is 2. The fourth-order valence-corrected chi connectivity index (χ4v) is 3.21. The maximum absolute atomic E-state index is 5.87. The van der Waals surface area contributed by atoms with Crippen molar-refractivity contribution in [1.29, 1.82) is 0 Å². The van der Waals surface area contributed by atoms with Crippen molar-refractivity contribution in [2.45, 2.75) is 52.4 Å². The van der Waals surface area contributed by atoms with Crippen molar-refractivity contribution in [3.63, 3.8) is 0 Å². The van der Waals surface area contributed by atoms with Crippen LogP contribution in [0.4, 0.5) is 0 Å². The lowest BCUT2D eigenvalue weighted by atomic mass is 9.87. The first-order valence-electron chi connectivity index (χ1n) is 8.84. The Morgan fingerprint density at radius 2 is 1.46 bits per heavy atom. The smallest absolute Gasteiger partial charge is 0.129 e. The molecule has 1 atom stereocenters. The summed E-state index contributed by atoms with van der Waals surface area (Å²) in [5.41, 5.74) is 4.98. The van der Waals surface area contributed by atoms with E-state index >= 15 is 0 Å². The summed E-state index contributed by atoms with van der Waals surface area (Å²) in [5.74, 6) is 2.81. The lowest BCUT2D eigenvalue weighted by molar-refractivity contribution is 0.377. The molecule has 0 bridgehead atoms. The molecular formula is C22H30O2. The number of rotatable bonds is 7. The zero-order valence-corrected chi connectivity index (χ0v) is 15.8. The second kappa shape index (κ2) is 8.23. The third-order valence-corrected chi connectivity index (χ3v) is 4.78. The predicted molar refractivity (Wildman–Crippen MR) is 102 cm³/mol. The Morgan fingerprint density at radius 3 is 1.96 bits per heavy atom. The molecule has 130 valence electrons. The Labute approximate surface area is 146 Å². The quantitative estimate of drug-likeness (QED) is 0.627. The van der Waals surface area contributed by atoms with Gasteiger partial charge in [0.2, 0.25) is 0 Å². The third kappa shape index (κ3) is 3.75. The molecule has 2 heteroatoms. The molecule has 0 saturated heterocycles. The van der Waals surface area contributed by atoms with Crippen LogP contribution in [0, 0.1) is 0 Å². The first-order valence-corrected chi connectivity index (χ1v) is 8.84. The molecule has 0 aliphatic carbocycles. The second-order valence-electron chi connectivity index (χ2n) is 6.73. The molecule has 0 aromatic heterocycles. The first-order chi connectivity index (χ1) is 11.5. The minimum atomic E-state index is 0.406. The van der Waals surface area contributed by atoms with Crippen molar-refractivity contribution in [3.8, 4) is 11.5 Å². The summed E-state index contributed by atoms with van der Waals surface area (Å²) in [6, 6.07) is 12.8. The molecule has 0 radical (unpaired) electrons. The summed E-state index contributed by atoms with van der Waals surface area (Å²) < 4.78 is 11.7. The molecule has 1 unspecified atom stereocenters. The van der Waals surface area contributed by atoms with Crippen LogP contribution in [0.5, 0.6) is 11.5 Å². The van der Waals surface area contributed by atoms with Gasteiger partial charge in [-0.1, -0.05) is 58.0 Å². The topological polar surface area (TPSA) is 18.5 Å². The van der Waals surface area contributed by atoms with E-state index in [1.807, 2.05) is 6.07 Å². The van der Waals surface area contributed by atoms with Gasteiger partial charge in [-0.05, 0) is 41.0 Å². The van der Waals surface area contributed by atoms with Crippen LogP contribution in [0.2, 0.25) is 0 Å². The standard InChI is InChI=1S/C22H30O2/c1-7-16(4)19-14-18(15(2)3)21(23-5)20(22(19)24-6)13-17-11-9-8-10-12-17/h8-12,14-16H,7,13H2,1-6H3. The van der Waals surface area contributed by atoms with Crippen molar-refractivity contribution in [3.05, 3.63) is 58.7 Å². The van der Waals surface area contributed by atoms with E-state index in [0.717, 1.165) is 29.9 Å².